The van der Waals surface area contributed by atoms with E-state index in [-0.39, 0.29) is 24.1 Å². The fourth-order valence-electron chi connectivity index (χ4n) is 3.34. The van der Waals surface area contributed by atoms with Crippen LogP contribution in [0.5, 0.6) is 11.6 Å². The maximum atomic E-state index is 13.3. The van der Waals surface area contributed by atoms with Gasteiger partial charge in [-0.2, -0.15) is 17.6 Å². The van der Waals surface area contributed by atoms with Crippen molar-refractivity contribution in [3.8, 4) is 22.8 Å². The van der Waals surface area contributed by atoms with E-state index >= 15 is 0 Å². The van der Waals surface area contributed by atoms with Gasteiger partial charge in [-0.05, 0) is 35.9 Å². The van der Waals surface area contributed by atoms with E-state index in [1.54, 1.807) is 24.3 Å². The van der Waals surface area contributed by atoms with Crippen LogP contribution in [0.2, 0.25) is 5.15 Å². The van der Waals surface area contributed by atoms with E-state index in [0.717, 1.165) is 18.2 Å². The smallest absolute Gasteiger partial charge is 0.416 e. The minimum Gasteiger partial charge on any atom is -0.842 e. The molecule has 0 amide bonds. The average Bonchev–Trinajstić information content (AvgIpc) is 2.82. The topological polar surface area (TPSA) is 82.9 Å². The number of hydrogen-bond acceptors (Lipinski definition) is 5. The largest absolute Gasteiger partial charge is 0.842 e. The molecular weight excluding hydrogens is 473 g/mol. The van der Waals surface area contributed by atoms with Crippen LogP contribution >= 0.6 is 11.6 Å². The maximum Gasteiger partial charge on any atom is 0.416 e. The molecule has 0 radical (unpaired) electrons. The number of pyridine rings is 2. The zero-order chi connectivity index (χ0) is 24.3. The number of oxime groups is 1. The lowest BCUT2D eigenvalue weighted by atomic mass is 10.0. The molecule has 0 aliphatic carbocycles. The summed E-state index contributed by atoms with van der Waals surface area (Å²) in [5, 5.41) is 17.4. The first-order valence-corrected chi connectivity index (χ1v) is 10.4. The molecule has 0 fully saturated rings. The predicted octanol–water partition coefficient (Wildman–Crippen LogP) is 3.85. The quantitative estimate of drug-likeness (QED) is 0.179. The first-order chi connectivity index (χ1) is 16.3. The van der Waals surface area contributed by atoms with Gasteiger partial charge in [0, 0.05) is 18.7 Å². The second-order valence-electron chi connectivity index (χ2n) is 7.13. The molecule has 11 heteroatoms. The lowest BCUT2D eigenvalue weighted by molar-refractivity contribution is -0.714. The molecule has 34 heavy (non-hydrogen) atoms. The zero-order valence-electron chi connectivity index (χ0n) is 17.4. The molecule has 0 N–H and O–H groups in total. The number of nitrogens with zero attached hydrogens (tertiary/aromatic N) is 4. The summed E-state index contributed by atoms with van der Waals surface area (Å²) in [6.45, 7) is 0.102. The van der Waals surface area contributed by atoms with Gasteiger partial charge in [-0.15, -0.1) is 0 Å². The van der Waals surface area contributed by atoms with Crippen molar-refractivity contribution in [3.63, 3.8) is 0 Å². The molecule has 3 aromatic heterocycles. The molecule has 0 spiro atoms. The van der Waals surface area contributed by atoms with Crippen molar-refractivity contribution in [2.75, 3.05) is 0 Å². The normalized spacial score (nSPS) is 11.9. The Bertz CT molecular complexity index is 1420. The lowest BCUT2D eigenvalue weighted by Crippen LogP contribution is -2.44. The minimum absolute atomic E-state index is 0.102. The Morgan fingerprint density at radius 1 is 1.18 bits per heavy atom. The summed E-state index contributed by atoms with van der Waals surface area (Å²) >= 11 is 5.71. The molecule has 0 unspecified atom stereocenters. The highest BCUT2D eigenvalue weighted by Gasteiger charge is 2.31. The van der Waals surface area contributed by atoms with E-state index in [9.17, 15) is 23.1 Å². The van der Waals surface area contributed by atoms with Gasteiger partial charge in [0.05, 0.1) is 30.4 Å². The van der Waals surface area contributed by atoms with Crippen LogP contribution in [-0.4, -0.2) is 15.6 Å². The Labute approximate surface area is 196 Å². The van der Waals surface area contributed by atoms with Crippen molar-refractivity contribution in [1.82, 2.24) is 9.38 Å². The van der Waals surface area contributed by atoms with Crippen molar-refractivity contribution in [2.24, 2.45) is 5.16 Å². The third-order valence-electron chi connectivity index (χ3n) is 4.90. The standard InChI is InChI=1S/C23H16ClF3N4O3/c24-18-9-8-17(14-28-18)34-29-10-4-12-31-19-7-1-2-11-30(19)21(32)20(22(31)33)15-5-3-6-16(13-15)23(25,26)27/h1-3,5-11,13-14H,4,12H2/b29-10+. The summed E-state index contributed by atoms with van der Waals surface area (Å²) in [5.74, 6) is -0.340. The molecule has 0 saturated carbocycles. The van der Waals surface area contributed by atoms with Gasteiger partial charge in [0.2, 0.25) is 0 Å². The van der Waals surface area contributed by atoms with Crippen LogP contribution in [0.1, 0.15) is 12.0 Å². The molecule has 7 nitrogen and oxygen atoms in total. The molecule has 0 atom stereocenters. The van der Waals surface area contributed by atoms with Crippen molar-refractivity contribution in [2.45, 2.75) is 19.1 Å². The fraction of sp³-hybridized carbons (Fsp3) is 0.130. The van der Waals surface area contributed by atoms with Crippen LogP contribution in [-0.2, 0) is 12.7 Å². The number of alkyl halides is 3. The summed E-state index contributed by atoms with van der Waals surface area (Å²) in [6, 6.07) is 12.1. The van der Waals surface area contributed by atoms with E-state index in [1.165, 1.54) is 39.7 Å². The van der Waals surface area contributed by atoms with Crippen molar-refractivity contribution in [1.29, 1.82) is 0 Å². The molecule has 0 bridgehead atoms. The molecule has 0 saturated heterocycles. The summed E-state index contributed by atoms with van der Waals surface area (Å²) in [4.78, 5) is 22.1. The summed E-state index contributed by atoms with van der Waals surface area (Å²) in [7, 11) is 0. The first-order valence-electron chi connectivity index (χ1n) is 9.98. The third-order valence-corrected chi connectivity index (χ3v) is 5.12. The number of aromatic nitrogens is 3. The van der Waals surface area contributed by atoms with Crippen LogP contribution in [0.3, 0.4) is 0 Å². The Morgan fingerprint density at radius 2 is 2.00 bits per heavy atom. The summed E-state index contributed by atoms with van der Waals surface area (Å²) in [5.41, 5.74) is -1.82. The second-order valence-corrected chi connectivity index (χ2v) is 7.52. The van der Waals surface area contributed by atoms with Gasteiger partial charge in [-0.1, -0.05) is 35.0 Å². The monoisotopic (exact) mass is 488 g/mol. The van der Waals surface area contributed by atoms with E-state index in [0.29, 0.717) is 16.5 Å². The third kappa shape index (κ3) is 4.86. The van der Waals surface area contributed by atoms with E-state index in [4.69, 9.17) is 16.4 Å². The molecule has 4 aromatic rings. The Kier molecular flexibility index (Phi) is 6.51. The van der Waals surface area contributed by atoms with Crippen molar-refractivity contribution < 1.29 is 27.7 Å². The zero-order valence-corrected chi connectivity index (χ0v) is 18.1. The molecule has 1 aromatic carbocycles. The first kappa shape index (κ1) is 23.2. The van der Waals surface area contributed by atoms with E-state index in [1.807, 2.05) is 0 Å². The predicted molar refractivity (Wildman–Crippen MR) is 117 cm³/mol. The molecule has 174 valence electrons. The summed E-state index contributed by atoms with van der Waals surface area (Å²) in [6.07, 6.45) is -0.0997. The number of fused-ring (bicyclic) bond motifs is 1. The minimum atomic E-state index is -4.61. The van der Waals surface area contributed by atoms with Crippen molar-refractivity contribution >= 4 is 23.5 Å². The van der Waals surface area contributed by atoms with Gasteiger partial charge in [0.25, 0.3) is 5.65 Å². The summed E-state index contributed by atoms with van der Waals surface area (Å²) < 4.78 is 42.1. The fourth-order valence-corrected chi connectivity index (χ4v) is 3.46. The molecule has 3 heterocycles. The number of benzene rings is 1. The van der Waals surface area contributed by atoms with Crippen LogP contribution in [0.15, 0.2) is 76.9 Å². The average molecular weight is 489 g/mol. The van der Waals surface area contributed by atoms with Crippen molar-refractivity contribution in [3.05, 3.63) is 88.1 Å². The van der Waals surface area contributed by atoms with Crippen LogP contribution in [0.4, 0.5) is 13.2 Å². The maximum absolute atomic E-state index is 13.3. The van der Waals surface area contributed by atoms with Gasteiger partial charge in [-0.25, -0.2) is 14.3 Å². The van der Waals surface area contributed by atoms with Gasteiger partial charge in [0.1, 0.15) is 10.7 Å². The highest BCUT2D eigenvalue weighted by atomic mass is 35.5. The van der Waals surface area contributed by atoms with Gasteiger partial charge in [-0.3, -0.25) is 0 Å². The molecule has 0 aliphatic rings. The second kappa shape index (κ2) is 9.52. The van der Waals surface area contributed by atoms with E-state index in [2.05, 4.69) is 10.1 Å². The number of halogens is 4. The van der Waals surface area contributed by atoms with Gasteiger partial charge in [0.15, 0.2) is 5.75 Å². The number of aryl methyl sites for hydroxylation is 1. The van der Waals surface area contributed by atoms with E-state index < -0.39 is 23.2 Å². The highest BCUT2D eigenvalue weighted by molar-refractivity contribution is 6.29. The Balaban J connectivity index is 1.68. The lowest BCUT2D eigenvalue weighted by Gasteiger charge is -2.17. The van der Waals surface area contributed by atoms with Crippen LogP contribution in [0.25, 0.3) is 16.8 Å². The van der Waals surface area contributed by atoms with Crippen LogP contribution < -0.4 is 20.1 Å². The molecule has 0 aliphatic heterocycles. The number of rotatable bonds is 6. The SMILES string of the molecule is O=c1c(-c2cccc(C(F)(F)F)c2)c([O-])[n+](CC/C=N/Oc2ccc(Cl)nc2)c2ccccn12. The Morgan fingerprint density at radius 3 is 2.74 bits per heavy atom. The molecule has 4 rings (SSSR count). The van der Waals surface area contributed by atoms with Gasteiger partial charge < -0.3 is 9.94 Å². The Hall–Kier alpha value is -3.92. The van der Waals surface area contributed by atoms with Crippen LogP contribution in [0, 0.1) is 0 Å². The number of hydrogen-bond donors (Lipinski definition) is 0. The van der Waals surface area contributed by atoms with Gasteiger partial charge >= 0.3 is 11.7 Å². The molecular formula is C23H16ClF3N4O3. The highest BCUT2D eigenvalue weighted by Crippen LogP contribution is 2.32.